The summed E-state index contributed by atoms with van der Waals surface area (Å²) in [4.78, 5) is 20.7. The van der Waals surface area contributed by atoms with E-state index >= 15 is 0 Å². The smallest absolute Gasteiger partial charge is 0.252 e. The fraction of sp³-hybridized carbons (Fsp3) is 0.273. The van der Waals surface area contributed by atoms with Crippen molar-refractivity contribution in [1.29, 1.82) is 0 Å². The van der Waals surface area contributed by atoms with Crippen molar-refractivity contribution in [2.75, 3.05) is 5.73 Å². The van der Waals surface area contributed by atoms with Crippen molar-refractivity contribution >= 4 is 11.6 Å². The molecule has 0 radical (unpaired) electrons. The Morgan fingerprint density at radius 2 is 1.97 bits per heavy atom. The van der Waals surface area contributed by atoms with Crippen molar-refractivity contribution in [3.63, 3.8) is 0 Å². The second-order valence-corrected chi connectivity index (χ2v) is 7.75. The second kappa shape index (κ2) is 6.70. The Labute approximate surface area is 167 Å². The highest BCUT2D eigenvalue weighted by Crippen LogP contribution is 2.37. The van der Waals surface area contributed by atoms with E-state index in [1.54, 1.807) is 12.1 Å². The molecule has 2 aromatic carbocycles. The molecule has 1 amide bonds. The van der Waals surface area contributed by atoms with Gasteiger partial charge in [0.2, 0.25) is 0 Å². The number of fused-ring (bicyclic) bond motifs is 1. The first kappa shape index (κ1) is 17.9. The molecule has 0 atom stereocenters. The van der Waals surface area contributed by atoms with Gasteiger partial charge in [-0.05, 0) is 55.2 Å². The number of nitrogens with zero attached hydrogens (tertiary/aromatic N) is 1. The maximum Gasteiger partial charge on any atom is 0.252 e. The van der Waals surface area contributed by atoms with Gasteiger partial charge < -0.3 is 21.4 Å². The number of rotatable bonds is 5. The van der Waals surface area contributed by atoms with E-state index in [1.807, 2.05) is 19.1 Å². The highest BCUT2D eigenvalue weighted by molar-refractivity contribution is 6.06. The molecule has 148 valence electrons. The Morgan fingerprint density at radius 3 is 2.72 bits per heavy atom. The molecule has 2 heterocycles. The Balaban J connectivity index is 1.58. The number of carbonyl (C=O) groups is 1. The van der Waals surface area contributed by atoms with Gasteiger partial charge in [-0.25, -0.2) is 9.37 Å². The van der Waals surface area contributed by atoms with Crippen molar-refractivity contribution in [2.45, 2.75) is 38.9 Å². The fourth-order valence-corrected chi connectivity index (χ4v) is 3.87. The van der Waals surface area contributed by atoms with Crippen LogP contribution in [0.2, 0.25) is 0 Å². The lowest BCUT2D eigenvalue weighted by atomic mass is 9.92. The van der Waals surface area contributed by atoms with Crippen LogP contribution in [0.25, 0.3) is 22.5 Å². The average molecular weight is 391 g/mol. The molecule has 5 N–H and O–H groups in total. The van der Waals surface area contributed by atoms with Gasteiger partial charge in [0.05, 0.1) is 11.3 Å². The molecule has 1 aliphatic heterocycles. The largest absolute Gasteiger partial charge is 0.399 e. The van der Waals surface area contributed by atoms with E-state index in [0.717, 1.165) is 22.5 Å². The van der Waals surface area contributed by atoms with Crippen LogP contribution in [-0.4, -0.2) is 21.9 Å². The molecule has 0 bridgehead atoms. The number of hydrogen-bond donors (Lipinski definition) is 4. The zero-order valence-electron chi connectivity index (χ0n) is 16.1. The number of anilines is 1. The molecular formula is C22H22FN5O. The summed E-state index contributed by atoms with van der Waals surface area (Å²) in [6.07, 6.45) is 2.43. The summed E-state index contributed by atoms with van der Waals surface area (Å²) < 4.78 is 14.5. The lowest BCUT2D eigenvalue weighted by Gasteiger charge is -2.11. The highest BCUT2D eigenvalue weighted by Gasteiger charge is 2.29. The number of aromatic nitrogens is 2. The molecule has 2 aliphatic rings. The normalized spacial score (nSPS) is 15.4. The maximum atomic E-state index is 14.5. The Bertz CT molecular complexity index is 1130. The zero-order chi connectivity index (χ0) is 20.1. The number of H-pyrrole nitrogens is 1. The number of halogens is 1. The third kappa shape index (κ3) is 3.17. The third-order valence-corrected chi connectivity index (χ3v) is 5.63. The van der Waals surface area contributed by atoms with Crippen molar-refractivity contribution in [1.82, 2.24) is 20.6 Å². The van der Waals surface area contributed by atoms with Gasteiger partial charge in [0, 0.05) is 41.6 Å². The van der Waals surface area contributed by atoms with Crippen LogP contribution < -0.4 is 16.4 Å². The number of aryl methyl sites for hydroxylation is 1. The van der Waals surface area contributed by atoms with Gasteiger partial charge in [0.1, 0.15) is 11.6 Å². The number of nitrogen functional groups attached to an aromatic ring is 1. The molecule has 0 unspecified atom stereocenters. The van der Waals surface area contributed by atoms with Crippen molar-refractivity contribution in [2.24, 2.45) is 0 Å². The average Bonchev–Trinajstić information content (AvgIpc) is 3.34. The molecule has 7 heteroatoms. The Kier molecular flexibility index (Phi) is 4.13. The first-order valence-corrected chi connectivity index (χ1v) is 9.80. The van der Waals surface area contributed by atoms with E-state index in [-0.39, 0.29) is 5.91 Å². The summed E-state index contributed by atoms with van der Waals surface area (Å²) in [5, 5.41) is 6.33. The van der Waals surface area contributed by atoms with Gasteiger partial charge in [-0.2, -0.15) is 0 Å². The fourth-order valence-electron chi connectivity index (χ4n) is 3.87. The minimum atomic E-state index is -0.401. The molecule has 1 aromatic heterocycles. The maximum absolute atomic E-state index is 14.5. The number of aromatic amines is 1. The van der Waals surface area contributed by atoms with E-state index < -0.39 is 5.82 Å². The zero-order valence-corrected chi connectivity index (χ0v) is 16.1. The molecule has 0 spiro atoms. The van der Waals surface area contributed by atoms with Gasteiger partial charge in [-0.1, -0.05) is 6.07 Å². The molecule has 29 heavy (non-hydrogen) atoms. The summed E-state index contributed by atoms with van der Waals surface area (Å²) in [6.45, 7) is 3.05. The van der Waals surface area contributed by atoms with Crippen LogP contribution in [0.3, 0.4) is 0 Å². The van der Waals surface area contributed by atoms with E-state index in [4.69, 9.17) is 10.7 Å². The summed E-state index contributed by atoms with van der Waals surface area (Å²) in [7, 11) is 0. The molecule has 1 aliphatic carbocycles. The van der Waals surface area contributed by atoms with Crippen LogP contribution in [-0.2, 0) is 13.1 Å². The lowest BCUT2D eigenvalue weighted by molar-refractivity contribution is 0.0966. The molecule has 1 fully saturated rings. The van der Waals surface area contributed by atoms with Gasteiger partial charge in [0.15, 0.2) is 0 Å². The van der Waals surface area contributed by atoms with Crippen LogP contribution in [0.15, 0.2) is 30.3 Å². The number of imidazole rings is 1. The molecule has 1 saturated carbocycles. The van der Waals surface area contributed by atoms with Crippen LogP contribution in [0.5, 0.6) is 0 Å². The lowest BCUT2D eigenvalue weighted by Crippen LogP contribution is -2.16. The first-order valence-electron chi connectivity index (χ1n) is 9.80. The van der Waals surface area contributed by atoms with Crippen molar-refractivity contribution in [3.05, 3.63) is 58.7 Å². The van der Waals surface area contributed by atoms with Gasteiger partial charge in [0.25, 0.3) is 5.91 Å². The van der Waals surface area contributed by atoms with E-state index in [0.29, 0.717) is 47.3 Å². The summed E-state index contributed by atoms with van der Waals surface area (Å²) >= 11 is 0. The van der Waals surface area contributed by atoms with Crippen molar-refractivity contribution < 1.29 is 9.18 Å². The van der Waals surface area contributed by atoms with Crippen LogP contribution in [0.1, 0.15) is 40.2 Å². The van der Waals surface area contributed by atoms with Crippen LogP contribution in [0.4, 0.5) is 10.1 Å². The summed E-state index contributed by atoms with van der Waals surface area (Å²) in [6, 6.07) is 8.90. The van der Waals surface area contributed by atoms with Gasteiger partial charge >= 0.3 is 0 Å². The number of carbonyl (C=O) groups excluding carboxylic acids is 1. The SMILES string of the molecule is Cc1[nH]c(-c2ccc(-c3ccc(N)cc3F)c3c2C(=O)NC3)nc1CNC1CC1. The second-order valence-electron chi connectivity index (χ2n) is 7.75. The van der Waals surface area contributed by atoms with Crippen molar-refractivity contribution in [3.8, 4) is 22.5 Å². The Morgan fingerprint density at radius 1 is 1.21 bits per heavy atom. The standard InChI is InChI=1S/C22H22FN5O/c1-11-19(10-25-13-3-4-13)28-21(27-11)16-7-6-14(17-9-26-22(29)20(16)17)15-5-2-12(24)8-18(15)23/h2,5-8,13,25H,3-4,9-10,24H2,1H3,(H,26,29)(H,27,28). The number of amides is 1. The van der Waals surface area contributed by atoms with Crippen LogP contribution >= 0.6 is 0 Å². The summed E-state index contributed by atoms with van der Waals surface area (Å²) in [5.74, 6) is 0.0914. The molecule has 5 rings (SSSR count). The number of benzene rings is 2. The third-order valence-electron chi connectivity index (χ3n) is 5.63. The molecule has 0 saturated heterocycles. The monoisotopic (exact) mass is 391 g/mol. The number of nitrogens with two attached hydrogens (primary N) is 1. The van der Waals surface area contributed by atoms with E-state index in [9.17, 15) is 9.18 Å². The van der Waals surface area contributed by atoms with Gasteiger partial charge in [-0.3, -0.25) is 4.79 Å². The topological polar surface area (TPSA) is 95.8 Å². The first-order chi connectivity index (χ1) is 14.0. The minimum absolute atomic E-state index is 0.167. The number of nitrogens with one attached hydrogen (secondary N) is 3. The van der Waals surface area contributed by atoms with E-state index in [1.165, 1.54) is 18.9 Å². The Hall–Kier alpha value is -3.19. The van der Waals surface area contributed by atoms with Crippen LogP contribution in [0, 0.1) is 12.7 Å². The van der Waals surface area contributed by atoms with E-state index in [2.05, 4.69) is 15.6 Å². The summed E-state index contributed by atoms with van der Waals surface area (Å²) in [5.41, 5.74) is 11.2. The molecule has 6 nitrogen and oxygen atoms in total. The highest BCUT2D eigenvalue weighted by atomic mass is 19.1. The van der Waals surface area contributed by atoms with Gasteiger partial charge in [-0.15, -0.1) is 0 Å². The predicted molar refractivity (Wildman–Crippen MR) is 110 cm³/mol. The minimum Gasteiger partial charge on any atom is -0.399 e. The quantitative estimate of drug-likeness (QED) is 0.502. The predicted octanol–water partition coefficient (Wildman–Crippen LogP) is 3.27. The molecular weight excluding hydrogens is 369 g/mol. The number of hydrogen-bond acceptors (Lipinski definition) is 4. The molecule has 3 aromatic rings.